The van der Waals surface area contributed by atoms with Gasteiger partial charge in [0.15, 0.2) is 0 Å². The second-order valence-corrected chi connectivity index (χ2v) is 3.21. The number of carbonyl (C=O) groups excluding carboxylic acids is 1. The lowest BCUT2D eigenvalue weighted by Crippen LogP contribution is -2.02. The van der Waals surface area contributed by atoms with E-state index in [1.807, 2.05) is 24.3 Å². The van der Waals surface area contributed by atoms with Gasteiger partial charge in [0, 0.05) is 5.88 Å². The molecule has 0 saturated carbocycles. The van der Waals surface area contributed by atoms with Crippen LogP contribution >= 0.6 is 11.6 Å². The molecule has 0 spiro atoms. The molecule has 0 atom stereocenters. The Morgan fingerprint density at radius 3 is 2.47 bits per heavy atom. The van der Waals surface area contributed by atoms with E-state index in [1.54, 1.807) is 6.07 Å². The molecule has 0 heterocycles. The number of rotatable bonds is 4. The molecule has 0 aliphatic rings. The average Bonchev–Trinajstić information content (AvgIpc) is 2.27. The van der Waals surface area contributed by atoms with Crippen LogP contribution in [0.3, 0.4) is 0 Å². The van der Waals surface area contributed by atoms with E-state index in [2.05, 4.69) is 0 Å². The Bertz CT molecular complexity index is 367. The summed E-state index contributed by atoms with van der Waals surface area (Å²) >= 11 is 5.63. The highest BCUT2D eigenvalue weighted by Gasteiger charge is 2.01. The second-order valence-electron chi connectivity index (χ2n) is 2.95. The molecule has 0 bridgehead atoms. The Kier molecular flexibility index (Phi) is 4.65. The molecule has 3 nitrogen and oxygen atoms in total. The minimum Gasteiger partial charge on any atom is -0.460 e. The van der Waals surface area contributed by atoms with E-state index in [-0.39, 0.29) is 13.0 Å². The van der Waals surface area contributed by atoms with E-state index < -0.39 is 5.97 Å². The van der Waals surface area contributed by atoms with Crippen LogP contribution in [-0.4, -0.2) is 5.97 Å². The molecule has 0 saturated heterocycles. The maximum Gasteiger partial charge on any atom is 0.320 e. The van der Waals surface area contributed by atoms with Crippen molar-refractivity contribution >= 4 is 17.6 Å². The van der Waals surface area contributed by atoms with Crippen molar-refractivity contribution in [1.29, 1.82) is 5.26 Å². The van der Waals surface area contributed by atoms with E-state index in [1.165, 1.54) is 0 Å². The third-order valence-corrected chi connectivity index (χ3v) is 2.11. The summed E-state index contributed by atoms with van der Waals surface area (Å²) in [6, 6.07) is 9.17. The quantitative estimate of drug-likeness (QED) is 0.582. The van der Waals surface area contributed by atoms with Gasteiger partial charge in [-0.1, -0.05) is 24.3 Å². The molecular formula is C11H10ClNO2. The Hall–Kier alpha value is -1.53. The first-order valence-electron chi connectivity index (χ1n) is 4.42. The Morgan fingerprint density at radius 1 is 1.33 bits per heavy atom. The summed E-state index contributed by atoms with van der Waals surface area (Å²) in [5, 5.41) is 8.24. The molecule has 0 radical (unpaired) electrons. The summed E-state index contributed by atoms with van der Waals surface area (Å²) in [5.74, 6) is -0.0342. The maximum atomic E-state index is 10.9. The minimum atomic E-state index is -0.501. The van der Waals surface area contributed by atoms with Crippen molar-refractivity contribution in [2.24, 2.45) is 0 Å². The van der Waals surface area contributed by atoms with Crippen LogP contribution in [0.15, 0.2) is 24.3 Å². The molecule has 0 N–H and O–H groups in total. The van der Waals surface area contributed by atoms with E-state index in [0.29, 0.717) is 5.88 Å². The highest BCUT2D eigenvalue weighted by Crippen LogP contribution is 2.08. The summed E-state index contributed by atoms with van der Waals surface area (Å²) in [6.45, 7) is 0.197. The summed E-state index contributed by atoms with van der Waals surface area (Å²) in [7, 11) is 0. The van der Waals surface area contributed by atoms with Crippen molar-refractivity contribution < 1.29 is 9.53 Å². The van der Waals surface area contributed by atoms with Gasteiger partial charge in [-0.25, -0.2) is 0 Å². The van der Waals surface area contributed by atoms with E-state index in [4.69, 9.17) is 21.6 Å². The van der Waals surface area contributed by atoms with Gasteiger partial charge >= 0.3 is 5.97 Å². The van der Waals surface area contributed by atoms with E-state index >= 15 is 0 Å². The van der Waals surface area contributed by atoms with Gasteiger partial charge in [-0.15, -0.1) is 11.6 Å². The van der Waals surface area contributed by atoms with Gasteiger partial charge in [0.2, 0.25) is 0 Å². The lowest BCUT2D eigenvalue weighted by atomic mass is 10.2. The monoisotopic (exact) mass is 223 g/mol. The zero-order valence-electron chi connectivity index (χ0n) is 8.07. The number of esters is 1. The third-order valence-electron chi connectivity index (χ3n) is 1.80. The van der Waals surface area contributed by atoms with Crippen LogP contribution < -0.4 is 0 Å². The van der Waals surface area contributed by atoms with Crippen molar-refractivity contribution in [2.45, 2.75) is 18.9 Å². The molecule has 1 rings (SSSR count). The first kappa shape index (κ1) is 11.5. The van der Waals surface area contributed by atoms with E-state index in [9.17, 15) is 4.79 Å². The summed E-state index contributed by atoms with van der Waals surface area (Å²) < 4.78 is 4.85. The highest BCUT2D eigenvalue weighted by molar-refractivity contribution is 6.17. The topological polar surface area (TPSA) is 50.1 Å². The Morgan fingerprint density at radius 2 is 1.93 bits per heavy atom. The predicted molar refractivity (Wildman–Crippen MR) is 56.0 cm³/mol. The molecule has 4 heteroatoms. The molecule has 0 amide bonds. The maximum absolute atomic E-state index is 10.9. The van der Waals surface area contributed by atoms with Crippen molar-refractivity contribution in [3.05, 3.63) is 35.4 Å². The summed E-state index contributed by atoms with van der Waals surface area (Å²) in [4.78, 5) is 10.9. The highest BCUT2D eigenvalue weighted by atomic mass is 35.5. The lowest BCUT2D eigenvalue weighted by molar-refractivity contribution is -0.143. The molecule has 78 valence electrons. The molecule has 0 unspecified atom stereocenters. The van der Waals surface area contributed by atoms with E-state index in [0.717, 1.165) is 11.1 Å². The number of hydrogen-bond donors (Lipinski definition) is 0. The fourth-order valence-electron chi connectivity index (χ4n) is 1.00. The molecular weight excluding hydrogens is 214 g/mol. The molecule has 0 aromatic heterocycles. The van der Waals surface area contributed by atoms with Crippen molar-refractivity contribution in [1.82, 2.24) is 0 Å². The van der Waals surface area contributed by atoms with Crippen molar-refractivity contribution in [3.63, 3.8) is 0 Å². The van der Waals surface area contributed by atoms with Crippen LogP contribution in [0.4, 0.5) is 0 Å². The van der Waals surface area contributed by atoms with Gasteiger partial charge in [-0.3, -0.25) is 4.79 Å². The van der Waals surface area contributed by atoms with Gasteiger partial charge < -0.3 is 4.74 Å². The predicted octanol–water partition coefficient (Wildman–Crippen LogP) is 2.38. The zero-order valence-corrected chi connectivity index (χ0v) is 8.83. The summed E-state index contributed by atoms with van der Waals surface area (Å²) in [6.07, 6.45) is -0.209. The van der Waals surface area contributed by atoms with Crippen LogP contribution in [0.25, 0.3) is 0 Å². The smallest absolute Gasteiger partial charge is 0.320 e. The number of hydrogen-bond acceptors (Lipinski definition) is 3. The first-order valence-corrected chi connectivity index (χ1v) is 4.96. The Labute approximate surface area is 93.2 Å². The van der Waals surface area contributed by atoms with Crippen LogP contribution in [0, 0.1) is 11.3 Å². The molecule has 0 aliphatic carbocycles. The number of carbonyl (C=O) groups is 1. The SMILES string of the molecule is N#CCC(=O)OCc1ccc(CCl)cc1. The van der Waals surface area contributed by atoms with Crippen molar-refractivity contribution in [2.75, 3.05) is 0 Å². The number of benzene rings is 1. The van der Waals surface area contributed by atoms with Gasteiger partial charge in [-0.05, 0) is 11.1 Å². The van der Waals surface area contributed by atoms with Crippen molar-refractivity contribution in [3.8, 4) is 6.07 Å². The number of alkyl halides is 1. The molecule has 15 heavy (non-hydrogen) atoms. The fourth-order valence-corrected chi connectivity index (χ4v) is 1.18. The van der Waals surface area contributed by atoms with Crippen LogP contribution in [-0.2, 0) is 22.0 Å². The van der Waals surface area contributed by atoms with Crippen LogP contribution in [0.2, 0.25) is 0 Å². The molecule has 1 aromatic rings. The number of ether oxygens (including phenoxy) is 1. The molecule has 1 aromatic carbocycles. The van der Waals surface area contributed by atoms with Gasteiger partial charge in [0.1, 0.15) is 13.0 Å². The summed E-state index contributed by atoms with van der Waals surface area (Å²) in [5.41, 5.74) is 1.90. The Balaban J connectivity index is 2.45. The number of halogens is 1. The lowest BCUT2D eigenvalue weighted by Gasteiger charge is -2.03. The minimum absolute atomic E-state index is 0.197. The standard InChI is InChI=1S/C11H10ClNO2/c12-7-9-1-3-10(4-2-9)8-15-11(14)5-6-13/h1-4H,5,7-8H2. The first-order chi connectivity index (χ1) is 7.26. The fraction of sp³-hybridized carbons (Fsp3) is 0.273. The average molecular weight is 224 g/mol. The van der Waals surface area contributed by atoms with Crippen LogP contribution in [0.1, 0.15) is 17.5 Å². The molecule has 0 fully saturated rings. The zero-order chi connectivity index (χ0) is 11.1. The van der Waals surface area contributed by atoms with Gasteiger partial charge in [0.05, 0.1) is 6.07 Å². The number of nitriles is 1. The van der Waals surface area contributed by atoms with Gasteiger partial charge in [-0.2, -0.15) is 5.26 Å². The van der Waals surface area contributed by atoms with Gasteiger partial charge in [0.25, 0.3) is 0 Å². The third kappa shape index (κ3) is 4.01. The second kappa shape index (κ2) is 6.05. The number of nitrogens with zero attached hydrogens (tertiary/aromatic N) is 1. The normalized spacial score (nSPS) is 9.33. The van der Waals surface area contributed by atoms with Crippen LogP contribution in [0.5, 0.6) is 0 Å². The molecule has 0 aliphatic heterocycles. The largest absolute Gasteiger partial charge is 0.460 e.